The third-order valence-electron chi connectivity index (χ3n) is 4.18. The zero-order valence-corrected chi connectivity index (χ0v) is 17.1. The Morgan fingerprint density at radius 2 is 2.04 bits per heavy atom. The van der Waals surface area contributed by atoms with E-state index in [4.69, 9.17) is 4.74 Å². The van der Waals surface area contributed by atoms with Gasteiger partial charge >= 0.3 is 12.0 Å². The van der Waals surface area contributed by atoms with E-state index in [9.17, 15) is 9.59 Å². The minimum atomic E-state index is -0.465. The Hall–Kier alpha value is -2.41. The van der Waals surface area contributed by atoms with Gasteiger partial charge in [0.05, 0.1) is 13.7 Å². The van der Waals surface area contributed by atoms with Crippen molar-refractivity contribution < 1.29 is 14.3 Å². The van der Waals surface area contributed by atoms with Gasteiger partial charge in [-0.3, -0.25) is 0 Å². The van der Waals surface area contributed by atoms with E-state index in [1.54, 1.807) is 10.3 Å². The fourth-order valence-electron chi connectivity index (χ4n) is 2.56. The number of para-hydroxylation sites is 1. The Kier molecular flexibility index (Phi) is 7.79. The molecule has 1 heterocycles. The predicted molar refractivity (Wildman–Crippen MR) is 108 cm³/mol. The van der Waals surface area contributed by atoms with Crippen LogP contribution in [0.5, 0.6) is 0 Å². The smallest absolute Gasteiger partial charge is 0.357 e. The highest BCUT2D eigenvalue weighted by Gasteiger charge is 2.19. The van der Waals surface area contributed by atoms with Crippen LogP contribution in [0.4, 0.5) is 10.5 Å². The highest BCUT2D eigenvalue weighted by molar-refractivity contribution is 7.09. The van der Waals surface area contributed by atoms with Crippen LogP contribution < -0.4 is 5.32 Å². The number of ether oxygens (including phenoxy) is 1. The quantitative estimate of drug-likeness (QED) is 0.671. The highest BCUT2D eigenvalue weighted by atomic mass is 32.1. The van der Waals surface area contributed by atoms with E-state index in [0.29, 0.717) is 24.0 Å². The van der Waals surface area contributed by atoms with Gasteiger partial charge in [-0.15, -0.1) is 11.3 Å². The lowest BCUT2D eigenvalue weighted by Crippen LogP contribution is -2.36. The third-order valence-corrected chi connectivity index (χ3v) is 5.01. The summed E-state index contributed by atoms with van der Waals surface area (Å²) in [5, 5.41) is 5.38. The number of anilines is 1. The maximum Gasteiger partial charge on any atom is 0.357 e. The first-order valence-corrected chi connectivity index (χ1v) is 9.99. The Balaban J connectivity index is 2.14. The van der Waals surface area contributed by atoms with Crippen LogP contribution in [0.3, 0.4) is 0 Å². The van der Waals surface area contributed by atoms with Crippen LogP contribution in [0.15, 0.2) is 29.6 Å². The molecule has 1 aromatic heterocycles. The standard InChI is InChI=1S/C20H27N3O3S/c1-5-15-8-6-7-9-16(15)22-20(25)23(11-10-14(2)3)12-18-21-17(13-27-18)19(24)26-4/h6-9,13-14H,5,10-12H2,1-4H3,(H,22,25). The molecule has 2 aromatic rings. The number of benzene rings is 1. The summed E-state index contributed by atoms with van der Waals surface area (Å²) in [7, 11) is 1.33. The number of nitrogens with one attached hydrogen (secondary N) is 1. The fourth-order valence-corrected chi connectivity index (χ4v) is 3.33. The Bertz CT molecular complexity index is 773. The molecular weight excluding hydrogens is 362 g/mol. The van der Waals surface area contributed by atoms with Crippen LogP contribution in [0, 0.1) is 5.92 Å². The summed E-state index contributed by atoms with van der Waals surface area (Å²) in [5.74, 6) is 0.0118. The molecular formula is C20H27N3O3S. The second kappa shape index (κ2) is 10.1. The van der Waals surface area contributed by atoms with Gasteiger partial charge in [-0.05, 0) is 30.4 Å². The van der Waals surface area contributed by atoms with E-state index in [0.717, 1.165) is 24.1 Å². The zero-order chi connectivity index (χ0) is 19.8. The van der Waals surface area contributed by atoms with Gasteiger partial charge in [-0.1, -0.05) is 39.0 Å². The van der Waals surface area contributed by atoms with E-state index in [1.165, 1.54) is 18.4 Å². The van der Waals surface area contributed by atoms with Crippen LogP contribution in [0.2, 0.25) is 0 Å². The van der Waals surface area contributed by atoms with Gasteiger partial charge in [0.2, 0.25) is 0 Å². The van der Waals surface area contributed by atoms with Crippen molar-refractivity contribution >= 4 is 29.0 Å². The molecule has 6 nitrogen and oxygen atoms in total. The normalized spacial score (nSPS) is 10.7. The molecule has 0 aliphatic heterocycles. The second-order valence-corrected chi connectivity index (χ2v) is 7.61. The molecule has 0 fully saturated rings. The van der Waals surface area contributed by atoms with Crippen LogP contribution in [-0.4, -0.2) is 35.5 Å². The average Bonchev–Trinajstić information content (AvgIpc) is 3.13. The first kappa shape index (κ1) is 20.9. The lowest BCUT2D eigenvalue weighted by molar-refractivity contribution is 0.0594. The third kappa shape index (κ3) is 6.06. The molecule has 0 saturated heterocycles. The number of hydrogen-bond donors (Lipinski definition) is 1. The van der Waals surface area contributed by atoms with Gasteiger partial charge in [-0.25, -0.2) is 14.6 Å². The van der Waals surface area contributed by atoms with Crippen LogP contribution in [0.25, 0.3) is 0 Å². The summed E-state index contributed by atoms with van der Waals surface area (Å²) >= 11 is 1.35. The highest BCUT2D eigenvalue weighted by Crippen LogP contribution is 2.19. The minimum Gasteiger partial charge on any atom is -0.464 e. The molecule has 0 spiro atoms. The van der Waals surface area contributed by atoms with Crippen molar-refractivity contribution in [1.29, 1.82) is 0 Å². The number of esters is 1. The molecule has 7 heteroatoms. The summed E-state index contributed by atoms with van der Waals surface area (Å²) in [5.41, 5.74) is 2.20. The van der Waals surface area contributed by atoms with Crippen LogP contribution >= 0.6 is 11.3 Å². The fraction of sp³-hybridized carbons (Fsp3) is 0.450. The van der Waals surface area contributed by atoms with Crippen molar-refractivity contribution in [3.63, 3.8) is 0 Å². The molecule has 2 rings (SSSR count). The van der Waals surface area contributed by atoms with E-state index in [2.05, 4.69) is 31.1 Å². The van der Waals surface area contributed by atoms with E-state index >= 15 is 0 Å². The molecule has 0 aliphatic rings. The SMILES string of the molecule is CCc1ccccc1NC(=O)N(CCC(C)C)Cc1nc(C(=O)OC)cs1. The van der Waals surface area contributed by atoms with Crippen LogP contribution in [0.1, 0.15) is 48.3 Å². The summed E-state index contributed by atoms with van der Waals surface area (Å²) in [6.45, 7) is 7.29. The maximum atomic E-state index is 12.9. The first-order valence-electron chi connectivity index (χ1n) is 9.11. The summed E-state index contributed by atoms with van der Waals surface area (Å²) in [4.78, 5) is 30.5. The molecule has 27 heavy (non-hydrogen) atoms. The topological polar surface area (TPSA) is 71.5 Å². The second-order valence-electron chi connectivity index (χ2n) is 6.66. The zero-order valence-electron chi connectivity index (χ0n) is 16.3. The van der Waals surface area contributed by atoms with E-state index in [-0.39, 0.29) is 11.7 Å². The number of urea groups is 1. The maximum absolute atomic E-state index is 12.9. The molecule has 0 bridgehead atoms. The minimum absolute atomic E-state index is 0.161. The molecule has 1 N–H and O–H groups in total. The molecule has 0 atom stereocenters. The number of nitrogens with zero attached hydrogens (tertiary/aromatic N) is 2. The van der Waals surface area contributed by atoms with Gasteiger partial charge in [0.25, 0.3) is 0 Å². The number of thiazole rings is 1. The summed E-state index contributed by atoms with van der Waals surface area (Å²) in [6.07, 6.45) is 1.73. The first-order chi connectivity index (χ1) is 12.9. The van der Waals surface area contributed by atoms with E-state index in [1.807, 2.05) is 24.3 Å². The van der Waals surface area contributed by atoms with E-state index < -0.39 is 5.97 Å². The molecule has 1 aromatic carbocycles. The van der Waals surface area contributed by atoms with Crippen molar-refractivity contribution in [3.05, 3.63) is 45.9 Å². The number of amides is 2. The Morgan fingerprint density at radius 1 is 1.30 bits per heavy atom. The largest absolute Gasteiger partial charge is 0.464 e. The van der Waals surface area contributed by atoms with Crippen molar-refractivity contribution in [1.82, 2.24) is 9.88 Å². The van der Waals surface area contributed by atoms with Gasteiger partial charge in [0.1, 0.15) is 5.01 Å². The van der Waals surface area contributed by atoms with Gasteiger partial charge in [-0.2, -0.15) is 0 Å². The van der Waals surface area contributed by atoms with Gasteiger partial charge in [0.15, 0.2) is 5.69 Å². The molecule has 2 amide bonds. The van der Waals surface area contributed by atoms with Crippen molar-refractivity contribution in [3.8, 4) is 0 Å². The lowest BCUT2D eigenvalue weighted by Gasteiger charge is -2.23. The van der Waals surface area contributed by atoms with Gasteiger partial charge < -0.3 is 15.0 Å². The lowest BCUT2D eigenvalue weighted by atomic mass is 10.1. The van der Waals surface area contributed by atoms with Crippen molar-refractivity contribution in [2.24, 2.45) is 5.92 Å². The summed E-state index contributed by atoms with van der Waals surface area (Å²) in [6, 6.07) is 7.64. The molecule has 0 aliphatic carbocycles. The predicted octanol–water partition coefficient (Wildman–Crippen LogP) is 4.57. The number of hydrogen-bond acceptors (Lipinski definition) is 5. The number of aryl methyl sites for hydroxylation is 1. The van der Waals surface area contributed by atoms with Crippen molar-refractivity contribution in [2.45, 2.75) is 40.2 Å². The number of aromatic nitrogens is 1. The number of carbonyl (C=O) groups excluding carboxylic acids is 2. The monoisotopic (exact) mass is 389 g/mol. The number of methoxy groups -OCH3 is 1. The molecule has 0 unspecified atom stereocenters. The molecule has 146 valence electrons. The Morgan fingerprint density at radius 3 is 2.70 bits per heavy atom. The summed E-state index contributed by atoms with van der Waals surface area (Å²) < 4.78 is 4.70. The molecule has 0 saturated carbocycles. The Labute approximate surface area is 164 Å². The van der Waals surface area contributed by atoms with Crippen molar-refractivity contribution in [2.75, 3.05) is 19.0 Å². The number of carbonyl (C=O) groups is 2. The number of rotatable bonds is 8. The van der Waals surface area contributed by atoms with Gasteiger partial charge in [0, 0.05) is 17.6 Å². The average molecular weight is 390 g/mol. The van der Waals surface area contributed by atoms with Crippen LogP contribution in [-0.2, 0) is 17.7 Å². The molecule has 0 radical (unpaired) electrons.